The number of hydrogen-bond donors (Lipinski definition) is 1. The Labute approximate surface area is 143 Å². The van der Waals surface area contributed by atoms with E-state index in [-0.39, 0.29) is 5.91 Å². The molecule has 1 N–H and O–H groups in total. The van der Waals surface area contributed by atoms with Crippen molar-refractivity contribution in [1.82, 2.24) is 9.97 Å². The summed E-state index contributed by atoms with van der Waals surface area (Å²) < 4.78 is 0. The highest BCUT2D eigenvalue weighted by Gasteiger charge is 2.11. The molecular formula is C18H25N5O. The molecule has 1 aromatic carbocycles. The highest BCUT2D eigenvalue weighted by atomic mass is 16.1. The van der Waals surface area contributed by atoms with Crippen LogP contribution in [-0.2, 0) is 0 Å². The van der Waals surface area contributed by atoms with Gasteiger partial charge in [0.1, 0.15) is 5.69 Å². The van der Waals surface area contributed by atoms with Gasteiger partial charge in [-0.1, -0.05) is 13.3 Å². The van der Waals surface area contributed by atoms with Crippen LogP contribution in [0.5, 0.6) is 0 Å². The van der Waals surface area contributed by atoms with Gasteiger partial charge in [-0.05, 0) is 36.8 Å². The Hall–Kier alpha value is -2.63. The Bertz CT molecular complexity index is 669. The molecule has 0 aliphatic rings. The van der Waals surface area contributed by atoms with Crippen LogP contribution in [0.1, 0.15) is 30.3 Å². The van der Waals surface area contributed by atoms with E-state index in [0.29, 0.717) is 11.6 Å². The molecule has 0 unspecified atom stereocenters. The van der Waals surface area contributed by atoms with Gasteiger partial charge in [-0.3, -0.25) is 4.79 Å². The van der Waals surface area contributed by atoms with Gasteiger partial charge in [0.05, 0.1) is 0 Å². The first-order valence-corrected chi connectivity index (χ1v) is 8.14. The zero-order valence-electron chi connectivity index (χ0n) is 14.8. The molecule has 0 saturated heterocycles. The molecule has 0 radical (unpaired) electrons. The van der Waals surface area contributed by atoms with Crippen LogP contribution in [0, 0.1) is 0 Å². The van der Waals surface area contributed by atoms with Crippen molar-refractivity contribution in [3.05, 3.63) is 42.2 Å². The van der Waals surface area contributed by atoms with Crippen molar-refractivity contribution in [2.75, 3.05) is 42.8 Å². The van der Waals surface area contributed by atoms with Gasteiger partial charge >= 0.3 is 0 Å². The molecule has 6 nitrogen and oxygen atoms in total. The van der Waals surface area contributed by atoms with Gasteiger partial charge in [-0.2, -0.15) is 0 Å². The van der Waals surface area contributed by atoms with E-state index < -0.39 is 0 Å². The van der Waals surface area contributed by atoms with E-state index >= 15 is 0 Å². The summed E-state index contributed by atoms with van der Waals surface area (Å²) in [4.78, 5) is 25.0. The molecule has 24 heavy (non-hydrogen) atoms. The van der Waals surface area contributed by atoms with Crippen molar-refractivity contribution in [1.29, 1.82) is 0 Å². The van der Waals surface area contributed by atoms with Crippen LogP contribution in [0.3, 0.4) is 0 Å². The fraction of sp³-hybridized carbons (Fsp3) is 0.389. The lowest BCUT2D eigenvalue weighted by Crippen LogP contribution is -2.22. The van der Waals surface area contributed by atoms with Crippen LogP contribution in [0.25, 0.3) is 0 Å². The van der Waals surface area contributed by atoms with Gasteiger partial charge in [0.2, 0.25) is 5.95 Å². The van der Waals surface area contributed by atoms with Gasteiger partial charge in [0, 0.05) is 45.3 Å². The minimum atomic E-state index is -0.236. The predicted molar refractivity (Wildman–Crippen MR) is 98.9 cm³/mol. The Balaban J connectivity index is 2.06. The normalized spacial score (nSPS) is 10.3. The van der Waals surface area contributed by atoms with Gasteiger partial charge in [0.25, 0.3) is 5.91 Å². The Morgan fingerprint density at radius 1 is 1.12 bits per heavy atom. The maximum absolute atomic E-state index is 12.4. The molecule has 0 fully saturated rings. The number of unbranched alkanes of at least 4 members (excludes halogenated alkanes) is 1. The number of anilines is 3. The molecule has 1 amide bonds. The predicted octanol–water partition coefficient (Wildman–Crippen LogP) is 3.03. The maximum Gasteiger partial charge on any atom is 0.274 e. The maximum atomic E-state index is 12.4. The van der Waals surface area contributed by atoms with Crippen molar-refractivity contribution in [2.45, 2.75) is 19.8 Å². The number of carbonyl (C=O) groups is 1. The molecule has 6 heteroatoms. The molecule has 1 heterocycles. The highest BCUT2D eigenvalue weighted by molar-refractivity contribution is 6.03. The van der Waals surface area contributed by atoms with E-state index in [2.05, 4.69) is 22.2 Å². The van der Waals surface area contributed by atoms with Gasteiger partial charge in [-0.25, -0.2) is 9.97 Å². The fourth-order valence-electron chi connectivity index (χ4n) is 2.19. The Morgan fingerprint density at radius 2 is 1.83 bits per heavy atom. The summed E-state index contributed by atoms with van der Waals surface area (Å²) in [7, 11) is 5.89. The molecule has 128 valence electrons. The van der Waals surface area contributed by atoms with E-state index in [4.69, 9.17) is 0 Å². The van der Waals surface area contributed by atoms with E-state index in [1.54, 1.807) is 12.3 Å². The summed E-state index contributed by atoms with van der Waals surface area (Å²) >= 11 is 0. The highest BCUT2D eigenvalue weighted by Crippen LogP contribution is 2.16. The standard InChI is InChI=1S/C18H25N5O/c1-5-6-13-23(4)18-19-12-11-16(21-18)17(24)20-14-7-9-15(10-8-14)22(2)3/h7-12H,5-6,13H2,1-4H3,(H,20,24). The zero-order valence-corrected chi connectivity index (χ0v) is 14.8. The quantitative estimate of drug-likeness (QED) is 0.847. The van der Waals surface area contributed by atoms with Crippen LogP contribution < -0.4 is 15.1 Å². The van der Waals surface area contributed by atoms with Crippen molar-refractivity contribution in [3.8, 4) is 0 Å². The molecule has 0 spiro atoms. The number of nitrogens with one attached hydrogen (secondary N) is 1. The summed E-state index contributed by atoms with van der Waals surface area (Å²) in [5.41, 5.74) is 2.18. The first-order chi connectivity index (χ1) is 11.5. The van der Waals surface area contributed by atoms with E-state index in [1.165, 1.54) is 0 Å². The van der Waals surface area contributed by atoms with Crippen LogP contribution in [0.4, 0.5) is 17.3 Å². The number of aromatic nitrogens is 2. The molecular weight excluding hydrogens is 302 g/mol. The lowest BCUT2D eigenvalue weighted by Gasteiger charge is -2.17. The average Bonchev–Trinajstić information content (AvgIpc) is 2.60. The van der Waals surface area contributed by atoms with E-state index in [9.17, 15) is 4.79 Å². The van der Waals surface area contributed by atoms with Gasteiger partial charge < -0.3 is 15.1 Å². The van der Waals surface area contributed by atoms with Gasteiger partial charge in [0.15, 0.2) is 0 Å². The summed E-state index contributed by atoms with van der Waals surface area (Å²) in [6.07, 6.45) is 3.79. The smallest absolute Gasteiger partial charge is 0.274 e. The number of hydrogen-bond acceptors (Lipinski definition) is 5. The summed E-state index contributed by atoms with van der Waals surface area (Å²) in [5, 5.41) is 2.87. The first-order valence-electron chi connectivity index (χ1n) is 8.14. The first kappa shape index (κ1) is 17.7. The summed E-state index contributed by atoms with van der Waals surface area (Å²) in [6, 6.07) is 9.30. The molecule has 0 saturated carbocycles. The topological polar surface area (TPSA) is 61.4 Å². The molecule has 2 aromatic rings. The largest absolute Gasteiger partial charge is 0.378 e. The minimum absolute atomic E-state index is 0.236. The summed E-state index contributed by atoms with van der Waals surface area (Å²) in [6.45, 7) is 3.01. The van der Waals surface area contributed by atoms with E-state index in [1.807, 2.05) is 55.2 Å². The third-order valence-electron chi connectivity index (χ3n) is 3.71. The van der Waals surface area contributed by atoms with Crippen LogP contribution >= 0.6 is 0 Å². The molecule has 0 aliphatic carbocycles. The fourth-order valence-corrected chi connectivity index (χ4v) is 2.19. The van der Waals surface area contributed by atoms with Crippen molar-refractivity contribution in [3.63, 3.8) is 0 Å². The van der Waals surface area contributed by atoms with Crippen molar-refractivity contribution in [2.24, 2.45) is 0 Å². The third kappa shape index (κ3) is 4.68. The zero-order chi connectivity index (χ0) is 17.5. The number of rotatable bonds is 7. The van der Waals surface area contributed by atoms with Crippen LogP contribution in [0.15, 0.2) is 36.5 Å². The Kier molecular flexibility index (Phi) is 6.12. The SMILES string of the molecule is CCCCN(C)c1nccc(C(=O)Nc2ccc(N(C)C)cc2)n1. The number of carbonyl (C=O) groups excluding carboxylic acids is 1. The molecule has 0 aliphatic heterocycles. The van der Waals surface area contributed by atoms with Crippen LogP contribution in [-0.4, -0.2) is 43.6 Å². The summed E-state index contributed by atoms with van der Waals surface area (Å²) in [5.74, 6) is 0.333. The average molecular weight is 327 g/mol. The van der Waals surface area contributed by atoms with Crippen LogP contribution in [0.2, 0.25) is 0 Å². The second-order valence-corrected chi connectivity index (χ2v) is 5.91. The van der Waals surface area contributed by atoms with Crippen molar-refractivity contribution >= 4 is 23.2 Å². The second-order valence-electron chi connectivity index (χ2n) is 5.91. The monoisotopic (exact) mass is 327 g/mol. The number of benzene rings is 1. The Morgan fingerprint density at radius 3 is 2.46 bits per heavy atom. The lowest BCUT2D eigenvalue weighted by molar-refractivity contribution is 0.102. The minimum Gasteiger partial charge on any atom is -0.378 e. The molecule has 1 aromatic heterocycles. The number of nitrogens with zero attached hydrogens (tertiary/aromatic N) is 4. The third-order valence-corrected chi connectivity index (χ3v) is 3.71. The molecule has 0 atom stereocenters. The number of amides is 1. The second kappa shape index (κ2) is 8.29. The molecule has 2 rings (SSSR count). The van der Waals surface area contributed by atoms with Crippen molar-refractivity contribution < 1.29 is 4.79 Å². The van der Waals surface area contributed by atoms with E-state index in [0.717, 1.165) is 30.8 Å². The van der Waals surface area contributed by atoms with Gasteiger partial charge in [-0.15, -0.1) is 0 Å². The lowest BCUT2D eigenvalue weighted by atomic mass is 10.2. The molecule has 0 bridgehead atoms.